The van der Waals surface area contributed by atoms with Crippen LogP contribution in [0, 0.1) is 0 Å². The molecular weight excluding hydrogens is 448 g/mol. The van der Waals surface area contributed by atoms with Gasteiger partial charge in [-0.15, -0.1) is 0 Å². The van der Waals surface area contributed by atoms with E-state index in [1.807, 2.05) is 36.4 Å². The van der Waals surface area contributed by atoms with Crippen LogP contribution in [0.2, 0.25) is 0 Å². The molecule has 0 fully saturated rings. The van der Waals surface area contributed by atoms with Gasteiger partial charge in [0.15, 0.2) is 5.78 Å². The maximum atomic E-state index is 12.6. The molecule has 8 heteroatoms. The van der Waals surface area contributed by atoms with Crippen molar-refractivity contribution in [3.63, 3.8) is 0 Å². The Morgan fingerprint density at radius 1 is 0.771 bits per heavy atom. The van der Waals surface area contributed by atoms with Gasteiger partial charge in [-0.3, -0.25) is 9.59 Å². The molecule has 8 nitrogen and oxygen atoms in total. The fourth-order valence-electron chi connectivity index (χ4n) is 3.29. The molecule has 180 valence electrons. The second-order valence-corrected chi connectivity index (χ2v) is 7.65. The first-order valence-electron chi connectivity index (χ1n) is 11.0. The van der Waals surface area contributed by atoms with E-state index < -0.39 is 24.0 Å². The molecule has 0 saturated heterocycles. The summed E-state index contributed by atoms with van der Waals surface area (Å²) in [5, 5.41) is 4.91. The number of nitrogens with one attached hydrogen (secondary N) is 2. The zero-order valence-electron chi connectivity index (χ0n) is 19.2. The number of hydrogen-bond acceptors (Lipinski definition) is 6. The van der Waals surface area contributed by atoms with E-state index in [2.05, 4.69) is 10.6 Å². The Bertz CT molecular complexity index is 1150. The molecule has 2 N–H and O–H groups in total. The van der Waals surface area contributed by atoms with Crippen LogP contribution in [-0.2, 0) is 32.1 Å². The Hall–Kier alpha value is -4.46. The van der Waals surface area contributed by atoms with E-state index in [4.69, 9.17) is 9.47 Å². The highest BCUT2D eigenvalue weighted by molar-refractivity contribution is 6.08. The number of benzene rings is 3. The second-order valence-electron chi connectivity index (χ2n) is 7.65. The van der Waals surface area contributed by atoms with E-state index >= 15 is 0 Å². The average molecular weight is 475 g/mol. The summed E-state index contributed by atoms with van der Waals surface area (Å²) in [6.07, 6.45) is -0.603. The third-order valence-corrected chi connectivity index (χ3v) is 5.12. The highest BCUT2D eigenvalue weighted by atomic mass is 16.5. The van der Waals surface area contributed by atoms with Gasteiger partial charge in [-0.2, -0.15) is 0 Å². The first-order valence-corrected chi connectivity index (χ1v) is 11.0. The first-order chi connectivity index (χ1) is 17.0. The lowest BCUT2D eigenvalue weighted by atomic mass is 9.99. The standard InChI is InChI=1S/C27H26N2O6/c1-34-26(32)23(29-24(30)17-28-27(33)35-18-20-8-4-2-5-9-20)16-19-12-14-22(15-13-19)25(31)21-10-6-3-7-11-21/h2-15,23H,16-18H2,1H3,(H,28,33)(H,29,30)/t23-/m0/s1. The van der Waals surface area contributed by atoms with Gasteiger partial charge in [-0.05, 0) is 11.1 Å². The highest BCUT2D eigenvalue weighted by Gasteiger charge is 2.22. The van der Waals surface area contributed by atoms with Gasteiger partial charge in [0.1, 0.15) is 19.2 Å². The van der Waals surface area contributed by atoms with Crippen molar-refractivity contribution in [2.45, 2.75) is 19.1 Å². The van der Waals surface area contributed by atoms with Crippen molar-refractivity contribution in [3.05, 3.63) is 107 Å². The van der Waals surface area contributed by atoms with Gasteiger partial charge in [0.05, 0.1) is 7.11 Å². The van der Waals surface area contributed by atoms with E-state index in [9.17, 15) is 19.2 Å². The Kier molecular flexibility index (Phi) is 9.13. The van der Waals surface area contributed by atoms with Gasteiger partial charge in [-0.25, -0.2) is 9.59 Å². The van der Waals surface area contributed by atoms with Crippen LogP contribution in [0.15, 0.2) is 84.9 Å². The van der Waals surface area contributed by atoms with Crippen LogP contribution in [-0.4, -0.2) is 43.4 Å². The Morgan fingerprint density at radius 3 is 2.00 bits per heavy atom. The first kappa shape index (κ1) is 25.2. The van der Waals surface area contributed by atoms with Crippen molar-refractivity contribution < 1.29 is 28.7 Å². The Labute approximate surface area is 203 Å². The molecule has 2 amide bonds. The zero-order valence-corrected chi connectivity index (χ0v) is 19.2. The quantitative estimate of drug-likeness (QED) is 0.345. The lowest BCUT2D eigenvalue weighted by molar-refractivity contribution is -0.144. The fraction of sp³-hybridized carbons (Fsp3) is 0.185. The number of rotatable bonds is 10. The van der Waals surface area contributed by atoms with Crippen LogP contribution < -0.4 is 10.6 Å². The monoisotopic (exact) mass is 474 g/mol. The molecule has 1 atom stereocenters. The molecule has 0 heterocycles. The largest absolute Gasteiger partial charge is 0.467 e. The van der Waals surface area contributed by atoms with Crippen LogP contribution in [0.3, 0.4) is 0 Å². The third-order valence-electron chi connectivity index (χ3n) is 5.12. The number of ketones is 1. The van der Waals surface area contributed by atoms with Gasteiger partial charge in [0.25, 0.3) is 0 Å². The third kappa shape index (κ3) is 7.82. The number of amides is 2. The van der Waals surface area contributed by atoms with Crippen LogP contribution in [0.5, 0.6) is 0 Å². The summed E-state index contributed by atoms with van der Waals surface area (Å²) in [4.78, 5) is 48.9. The van der Waals surface area contributed by atoms with Gasteiger partial charge < -0.3 is 20.1 Å². The van der Waals surface area contributed by atoms with Crippen molar-refractivity contribution in [2.75, 3.05) is 13.7 Å². The minimum absolute atomic E-state index is 0.0713. The van der Waals surface area contributed by atoms with Gasteiger partial charge >= 0.3 is 12.1 Å². The van der Waals surface area contributed by atoms with Crippen LogP contribution in [0.1, 0.15) is 27.0 Å². The summed E-state index contributed by atoms with van der Waals surface area (Å²) in [6.45, 7) is -0.298. The lowest BCUT2D eigenvalue weighted by Crippen LogP contribution is -2.47. The molecule has 0 radical (unpaired) electrons. The number of carbonyl (C=O) groups is 4. The predicted octanol–water partition coefficient (Wildman–Crippen LogP) is 3.04. The number of hydrogen-bond donors (Lipinski definition) is 2. The van der Waals surface area contributed by atoms with E-state index in [1.165, 1.54) is 7.11 Å². The number of esters is 1. The number of methoxy groups -OCH3 is 1. The van der Waals surface area contributed by atoms with Crippen molar-refractivity contribution in [1.29, 1.82) is 0 Å². The highest BCUT2D eigenvalue weighted by Crippen LogP contribution is 2.13. The summed E-state index contributed by atoms with van der Waals surface area (Å²) in [7, 11) is 1.22. The van der Waals surface area contributed by atoms with Crippen molar-refractivity contribution in [1.82, 2.24) is 10.6 Å². The summed E-state index contributed by atoms with van der Waals surface area (Å²) in [5.41, 5.74) is 2.63. The molecule has 0 aliphatic heterocycles. The Morgan fingerprint density at radius 2 is 1.37 bits per heavy atom. The van der Waals surface area contributed by atoms with E-state index in [-0.39, 0.29) is 25.4 Å². The summed E-state index contributed by atoms with van der Waals surface area (Å²) in [6, 6.07) is 23.8. The van der Waals surface area contributed by atoms with Gasteiger partial charge in [-0.1, -0.05) is 84.9 Å². The molecule has 0 aromatic heterocycles. The number of ether oxygens (including phenoxy) is 2. The summed E-state index contributed by atoms with van der Waals surface area (Å²) in [5.74, 6) is -1.32. The minimum atomic E-state index is -0.967. The normalized spacial score (nSPS) is 11.1. The van der Waals surface area contributed by atoms with Gasteiger partial charge in [0.2, 0.25) is 5.91 Å². The second kappa shape index (κ2) is 12.7. The number of carbonyl (C=O) groups excluding carboxylic acids is 4. The molecule has 0 bridgehead atoms. The smallest absolute Gasteiger partial charge is 0.407 e. The number of alkyl carbamates (subject to hydrolysis) is 1. The minimum Gasteiger partial charge on any atom is -0.467 e. The maximum absolute atomic E-state index is 12.6. The Balaban J connectivity index is 1.52. The SMILES string of the molecule is COC(=O)[C@H](Cc1ccc(C(=O)c2ccccc2)cc1)NC(=O)CNC(=O)OCc1ccccc1. The molecule has 0 spiro atoms. The van der Waals surface area contributed by atoms with Crippen molar-refractivity contribution in [3.8, 4) is 0 Å². The van der Waals surface area contributed by atoms with E-state index in [0.29, 0.717) is 11.1 Å². The van der Waals surface area contributed by atoms with Crippen LogP contribution in [0.4, 0.5) is 4.79 Å². The van der Waals surface area contributed by atoms with Crippen LogP contribution >= 0.6 is 0 Å². The van der Waals surface area contributed by atoms with Crippen LogP contribution in [0.25, 0.3) is 0 Å². The molecule has 0 unspecified atom stereocenters. The molecule has 3 aromatic rings. The van der Waals surface area contributed by atoms with E-state index in [0.717, 1.165) is 11.1 Å². The molecule has 0 aliphatic rings. The summed E-state index contributed by atoms with van der Waals surface area (Å²) < 4.78 is 9.86. The zero-order chi connectivity index (χ0) is 25.0. The summed E-state index contributed by atoms with van der Waals surface area (Å²) >= 11 is 0. The van der Waals surface area contributed by atoms with Crippen molar-refractivity contribution in [2.24, 2.45) is 0 Å². The van der Waals surface area contributed by atoms with E-state index in [1.54, 1.807) is 48.5 Å². The predicted molar refractivity (Wildman–Crippen MR) is 129 cm³/mol. The van der Waals surface area contributed by atoms with Gasteiger partial charge in [0, 0.05) is 17.5 Å². The topological polar surface area (TPSA) is 111 Å². The molecule has 0 aliphatic carbocycles. The molecule has 0 saturated carbocycles. The molecular formula is C27H26N2O6. The maximum Gasteiger partial charge on any atom is 0.407 e. The van der Waals surface area contributed by atoms with Crippen molar-refractivity contribution >= 4 is 23.8 Å². The fourth-order valence-corrected chi connectivity index (χ4v) is 3.29. The molecule has 35 heavy (non-hydrogen) atoms. The molecule has 3 aromatic carbocycles. The average Bonchev–Trinajstić information content (AvgIpc) is 2.91. The molecule has 3 rings (SSSR count). The lowest BCUT2D eigenvalue weighted by Gasteiger charge is -2.17.